The summed E-state index contributed by atoms with van der Waals surface area (Å²) in [5.74, 6) is 0.825. The second kappa shape index (κ2) is 5.84. The number of anilines is 1. The van der Waals surface area contributed by atoms with Crippen molar-refractivity contribution in [1.29, 1.82) is 0 Å². The van der Waals surface area contributed by atoms with E-state index in [0.717, 1.165) is 45.0 Å². The van der Waals surface area contributed by atoms with E-state index < -0.39 is 0 Å². The molecule has 0 unspecified atom stereocenters. The molecule has 19 heavy (non-hydrogen) atoms. The lowest BCUT2D eigenvalue weighted by Gasteiger charge is -2.42. The fourth-order valence-electron chi connectivity index (χ4n) is 3.23. The molecule has 0 spiro atoms. The fourth-order valence-corrected chi connectivity index (χ4v) is 3.23. The topological polar surface area (TPSA) is 52.5 Å². The number of aliphatic hydroxyl groups excluding tert-OH is 1. The van der Waals surface area contributed by atoms with Crippen molar-refractivity contribution in [3.05, 3.63) is 18.5 Å². The Hall–Kier alpha value is -1.20. The fraction of sp³-hybridized carbons (Fsp3) is 0.714. The molecule has 0 aromatic carbocycles. The summed E-state index contributed by atoms with van der Waals surface area (Å²) in [4.78, 5) is 13.3. The number of aromatic nitrogens is 2. The summed E-state index contributed by atoms with van der Waals surface area (Å²) in [6.45, 7) is 3.90. The van der Waals surface area contributed by atoms with Gasteiger partial charge in [0.25, 0.3) is 0 Å². The Morgan fingerprint density at radius 2 is 1.68 bits per heavy atom. The standard InChI is InChI=1S/C14H22N4O/c19-13-5-2-1-4-12(13)17-8-10-18(11-9-17)14-15-6-3-7-16-14/h3,6-7,12-13,19H,1-2,4-5,8-11H2/t12-,13-/m0/s1. The van der Waals surface area contributed by atoms with E-state index in [1.807, 2.05) is 6.07 Å². The maximum absolute atomic E-state index is 10.1. The summed E-state index contributed by atoms with van der Waals surface area (Å²) >= 11 is 0. The molecule has 1 saturated heterocycles. The van der Waals surface area contributed by atoms with Crippen molar-refractivity contribution in [1.82, 2.24) is 14.9 Å². The third kappa shape index (κ3) is 2.87. The minimum absolute atomic E-state index is 0.131. The van der Waals surface area contributed by atoms with Crippen LogP contribution in [0.2, 0.25) is 0 Å². The minimum atomic E-state index is -0.131. The Morgan fingerprint density at radius 3 is 2.37 bits per heavy atom. The van der Waals surface area contributed by atoms with Crippen LogP contribution in [0.5, 0.6) is 0 Å². The molecule has 0 radical (unpaired) electrons. The Morgan fingerprint density at radius 1 is 1.00 bits per heavy atom. The number of hydrogen-bond donors (Lipinski definition) is 1. The molecule has 1 saturated carbocycles. The van der Waals surface area contributed by atoms with Crippen molar-refractivity contribution < 1.29 is 5.11 Å². The van der Waals surface area contributed by atoms with Gasteiger partial charge in [-0.1, -0.05) is 12.8 Å². The zero-order valence-electron chi connectivity index (χ0n) is 11.3. The molecular formula is C14H22N4O. The molecule has 1 aromatic rings. The first-order chi connectivity index (χ1) is 9.34. The number of aliphatic hydroxyl groups is 1. The Kier molecular flexibility index (Phi) is 3.94. The molecular weight excluding hydrogens is 240 g/mol. The van der Waals surface area contributed by atoms with E-state index in [1.165, 1.54) is 12.8 Å². The zero-order chi connectivity index (χ0) is 13.1. The molecule has 3 rings (SSSR count). The summed E-state index contributed by atoms with van der Waals surface area (Å²) in [6.07, 6.45) is 7.99. The van der Waals surface area contributed by atoms with Gasteiger partial charge in [-0.3, -0.25) is 4.90 Å². The lowest BCUT2D eigenvalue weighted by molar-refractivity contribution is 0.0172. The molecule has 1 aliphatic heterocycles. The molecule has 2 aliphatic rings. The van der Waals surface area contributed by atoms with E-state index in [-0.39, 0.29) is 6.10 Å². The summed E-state index contributed by atoms with van der Waals surface area (Å²) in [5, 5.41) is 10.1. The Bertz CT molecular complexity index is 392. The van der Waals surface area contributed by atoms with Crippen molar-refractivity contribution >= 4 is 5.95 Å². The van der Waals surface area contributed by atoms with Gasteiger partial charge >= 0.3 is 0 Å². The van der Waals surface area contributed by atoms with E-state index in [1.54, 1.807) is 12.4 Å². The molecule has 0 amide bonds. The molecule has 2 atom stereocenters. The largest absolute Gasteiger partial charge is 0.391 e. The highest BCUT2D eigenvalue weighted by Crippen LogP contribution is 2.24. The molecule has 104 valence electrons. The summed E-state index contributed by atoms with van der Waals surface area (Å²) in [7, 11) is 0. The highest BCUT2D eigenvalue weighted by Gasteiger charge is 2.31. The van der Waals surface area contributed by atoms with E-state index in [0.29, 0.717) is 6.04 Å². The molecule has 1 aliphatic carbocycles. The van der Waals surface area contributed by atoms with Gasteiger partial charge in [-0.2, -0.15) is 0 Å². The van der Waals surface area contributed by atoms with Crippen LogP contribution in [0.1, 0.15) is 25.7 Å². The highest BCUT2D eigenvalue weighted by molar-refractivity contribution is 5.29. The van der Waals surface area contributed by atoms with Crippen molar-refractivity contribution in [3.63, 3.8) is 0 Å². The molecule has 5 nitrogen and oxygen atoms in total. The van der Waals surface area contributed by atoms with Gasteiger partial charge < -0.3 is 10.0 Å². The number of rotatable bonds is 2. The first-order valence-electron chi connectivity index (χ1n) is 7.29. The lowest BCUT2D eigenvalue weighted by atomic mass is 9.91. The van der Waals surface area contributed by atoms with Gasteiger partial charge in [0, 0.05) is 44.6 Å². The molecule has 2 fully saturated rings. The van der Waals surface area contributed by atoms with Crippen LogP contribution < -0.4 is 4.90 Å². The van der Waals surface area contributed by atoms with Gasteiger partial charge in [-0.05, 0) is 18.9 Å². The summed E-state index contributed by atoms with van der Waals surface area (Å²) < 4.78 is 0. The Labute approximate surface area is 114 Å². The second-order valence-electron chi connectivity index (χ2n) is 5.49. The van der Waals surface area contributed by atoms with Crippen molar-refractivity contribution in [3.8, 4) is 0 Å². The predicted molar refractivity (Wildman–Crippen MR) is 74.1 cm³/mol. The monoisotopic (exact) mass is 262 g/mol. The maximum atomic E-state index is 10.1. The number of hydrogen-bond acceptors (Lipinski definition) is 5. The van der Waals surface area contributed by atoms with Gasteiger partial charge in [0.05, 0.1) is 6.10 Å². The molecule has 1 N–H and O–H groups in total. The van der Waals surface area contributed by atoms with Crippen LogP contribution in [0.25, 0.3) is 0 Å². The van der Waals surface area contributed by atoms with Gasteiger partial charge in [0.1, 0.15) is 0 Å². The van der Waals surface area contributed by atoms with Gasteiger partial charge in [-0.25, -0.2) is 9.97 Å². The summed E-state index contributed by atoms with van der Waals surface area (Å²) in [5.41, 5.74) is 0. The third-order valence-corrected chi connectivity index (χ3v) is 4.31. The maximum Gasteiger partial charge on any atom is 0.225 e. The van der Waals surface area contributed by atoms with Crippen LogP contribution in [0.4, 0.5) is 5.95 Å². The summed E-state index contributed by atoms with van der Waals surface area (Å²) in [6, 6.07) is 2.21. The molecule has 2 heterocycles. The van der Waals surface area contributed by atoms with E-state index in [2.05, 4.69) is 19.8 Å². The van der Waals surface area contributed by atoms with E-state index in [9.17, 15) is 5.11 Å². The first-order valence-corrected chi connectivity index (χ1v) is 7.29. The average molecular weight is 262 g/mol. The van der Waals surface area contributed by atoms with Crippen molar-refractivity contribution in [2.75, 3.05) is 31.1 Å². The van der Waals surface area contributed by atoms with Gasteiger partial charge in [0.2, 0.25) is 5.95 Å². The highest BCUT2D eigenvalue weighted by atomic mass is 16.3. The molecule has 1 aromatic heterocycles. The quantitative estimate of drug-likeness (QED) is 0.858. The van der Waals surface area contributed by atoms with E-state index in [4.69, 9.17) is 0 Å². The van der Waals surface area contributed by atoms with Gasteiger partial charge in [0.15, 0.2) is 0 Å². The smallest absolute Gasteiger partial charge is 0.225 e. The second-order valence-corrected chi connectivity index (χ2v) is 5.49. The van der Waals surface area contributed by atoms with Crippen LogP contribution >= 0.6 is 0 Å². The van der Waals surface area contributed by atoms with Crippen molar-refractivity contribution in [2.24, 2.45) is 0 Å². The predicted octanol–water partition coefficient (Wildman–Crippen LogP) is 0.902. The third-order valence-electron chi connectivity index (χ3n) is 4.31. The first kappa shape index (κ1) is 12.8. The van der Waals surface area contributed by atoms with Crippen LogP contribution in [0.15, 0.2) is 18.5 Å². The lowest BCUT2D eigenvalue weighted by Crippen LogP contribution is -2.54. The normalized spacial score (nSPS) is 29.4. The SMILES string of the molecule is O[C@H]1CCCC[C@@H]1N1CCN(c2ncccn2)CC1. The number of nitrogens with zero attached hydrogens (tertiary/aromatic N) is 4. The van der Waals surface area contributed by atoms with Crippen LogP contribution in [-0.4, -0.2) is 58.3 Å². The van der Waals surface area contributed by atoms with Crippen molar-refractivity contribution in [2.45, 2.75) is 37.8 Å². The average Bonchev–Trinajstić information content (AvgIpc) is 2.49. The molecule has 5 heteroatoms. The zero-order valence-corrected chi connectivity index (χ0v) is 11.3. The van der Waals surface area contributed by atoms with Crippen LogP contribution in [0.3, 0.4) is 0 Å². The number of piperazine rings is 1. The van der Waals surface area contributed by atoms with Crippen LogP contribution in [0, 0.1) is 0 Å². The Balaban J connectivity index is 1.57. The molecule has 0 bridgehead atoms. The van der Waals surface area contributed by atoms with Gasteiger partial charge in [-0.15, -0.1) is 0 Å². The van der Waals surface area contributed by atoms with Crippen LogP contribution in [-0.2, 0) is 0 Å². The minimum Gasteiger partial charge on any atom is -0.391 e. The van der Waals surface area contributed by atoms with E-state index >= 15 is 0 Å².